The number of nitrogens with zero attached hydrogens (tertiary/aromatic N) is 4. The fraction of sp³-hybridized carbons (Fsp3) is 0.610. The van der Waals surface area contributed by atoms with Crippen LogP contribution in [0.15, 0.2) is 41.3 Å². The average molecular weight is 911 g/mol. The third-order valence-electron chi connectivity index (χ3n) is 10.5. The van der Waals surface area contributed by atoms with Gasteiger partial charge in [-0.1, -0.05) is 11.6 Å². The fourth-order valence-electron chi connectivity index (χ4n) is 7.49. The molecule has 21 heteroatoms. The molecule has 0 spiro atoms. The summed E-state index contributed by atoms with van der Waals surface area (Å²) in [5.74, 6) is -5.59. The first kappa shape index (κ1) is 48.2. The van der Waals surface area contributed by atoms with Crippen molar-refractivity contribution in [2.45, 2.75) is 102 Å². The van der Waals surface area contributed by atoms with Gasteiger partial charge in [0, 0.05) is 75.3 Å². The van der Waals surface area contributed by atoms with E-state index < -0.39 is 63.1 Å². The van der Waals surface area contributed by atoms with Gasteiger partial charge >= 0.3 is 12.2 Å². The maximum absolute atomic E-state index is 16.1. The van der Waals surface area contributed by atoms with Crippen LogP contribution in [0.3, 0.4) is 0 Å². The number of benzene rings is 1. The Labute approximate surface area is 366 Å². The van der Waals surface area contributed by atoms with E-state index in [0.29, 0.717) is 5.69 Å². The Bertz CT molecular complexity index is 2070. The molecular formula is C41H57ClF2N8O9S. The second kappa shape index (κ2) is 19.7. The van der Waals surface area contributed by atoms with Crippen molar-refractivity contribution >= 4 is 63.0 Å². The summed E-state index contributed by atoms with van der Waals surface area (Å²) in [6.07, 6.45) is -0.627. The number of pyridine rings is 1. The van der Waals surface area contributed by atoms with Crippen molar-refractivity contribution in [2.24, 2.45) is 11.8 Å². The minimum absolute atomic E-state index is 0.0230. The second-order valence-electron chi connectivity index (χ2n) is 17.6. The number of carbonyl (C=O) groups is 5. The lowest BCUT2D eigenvalue weighted by Crippen LogP contribution is -2.49. The number of hydrogen-bond donors (Lipinski definition) is 4. The maximum Gasteiger partial charge on any atom is 0.408 e. The number of sulfonamides is 1. The molecule has 3 fully saturated rings. The van der Waals surface area contributed by atoms with Crippen LogP contribution in [0.1, 0.15) is 79.2 Å². The van der Waals surface area contributed by atoms with Gasteiger partial charge in [0.2, 0.25) is 27.7 Å². The van der Waals surface area contributed by atoms with Gasteiger partial charge < -0.3 is 40.5 Å². The summed E-state index contributed by atoms with van der Waals surface area (Å²) in [4.78, 5) is 69.0. The molecule has 2 saturated heterocycles. The number of alkyl carbamates (subject to hydrolysis) is 2. The molecule has 1 atom stereocenters. The van der Waals surface area contributed by atoms with Crippen LogP contribution in [0.5, 0.6) is 0 Å². The second-order valence-corrected chi connectivity index (χ2v) is 20.0. The molecular weight excluding hydrogens is 854 g/mol. The summed E-state index contributed by atoms with van der Waals surface area (Å²) in [7, 11) is -3.95. The summed E-state index contributed by atoms with van der Waals surface area (Å²) < 4.78 is 71.1. The van der Waals surface area contributed by atoms with Gasteiger partial charge in [-0.05, 0) is 104 Å². The fourth-order valence-corrected chi connectivity index (χ4v) is 9.11. The Balaban J connectivity index is 1.08. The number of aromatic nitrogens is 1. The van der Waals surface area contributed by atoms with E-state index in [2.05, 4.69) is 26.3 Å². The number of ether oxygens (including phenoxy) is 2. The number of piperazine rings is 1. The normalized spacial score (nSPS) is 20.3. The SMILES string of the molecule is CC(C)(C)OC(=O)NCC(=O)NCCNC(=O)C1CCC(C(F)(F)c2cc(Cl)nc(N3CCN(S(=O)(=O)c4ccc(N5C[C@H](NC(=O)OC(C)(C)C)CC5=O)cc4)CC3)c2)CC1. The summed E-state index contributed by atoms with van der Waals surface area (Å²) in [6, 6.07) is 7.88. The van der Waals surface area contributed by atoms with Gasteiger partial charge in [0.05, 0.1) is 17.5 Å². The van der Waals surface area contributed by atoms with Crippen LogP contribution in [-0.2, 0) is 39.8 Å². The Kier molecular flexibility index (Phi) is 15.3. The van der Waals surface area contributed by atoms with E-state index in [4.69, 9.17) is 21.1 Å². The highest BCUT2D eigenvalue weighted by atomic mass is 35.5. The van der Waals surface area contributed by atoms with Gasteiger partial charge in [-0.3, -0.25) is 14.4 Å². The van der Waals surface area contributed by atoms with E-state index in [1.54, 1.807) is 46.4 Å². The van der Waals surface area contributed by atoms with Crippen LogP contribution in [0, 0.1) is 11.8 Å². The molecule has 1 aliphatic carbocycles. The number of hydrogen-bond acceptors (Lipinski definition) is 11. The maximum atomic E-state index is 16.1. The lowest BCUT2D eigenvalue weighted by Gasteiger charge is -2.36. The van der Waals surface area contributed by atoms with Crippen LogP contribution in [0.25, 0.3) is 0 Å². The van der Waals surface area contributed by atoms with E-state index in [1.165, 1.54) is 39.5 Å². The van der Waals surface area contributed by atoms with Crippen LogP contribution in [0.2, 0.25) is 5.15 Å². The summed E-state index contributed by atoms with van der Waals surface area (Å²) in [5, 5.41) is 10.2. The van der Waals surface area contributed by atoms with Crippen LogP contribution >= 0.6 is 11.6 Å². The molecule has 1 aromatic carbocycles. The van der Waals surface area contributed by atoms with Crippen molar-refractivity contribution in [3.63, 3.8) is 0 Å². The van der Waals surface area contributed by atoms with E-state index >= 15 is 8.78 Å². The highest BCUT2D eigenvalue weighted by molar-refractivity contribution is 7.89. The van der Waals surface area contributed by atoms with Gasteiger partial charge in [0.25, 0.3) is 5.92 Å². The Morgan fingerprint density at radius 2 is 1.44 bits per heavy atom. The molecule has 4 N–H and O–H groups in total. The number of halogens is 3. The van der Waals surface area contributed by atoms with Crippen LogP contribution < -0.4 is 31.1 Å². The topological polar surface area (TPSA) is 209 Å². The van der Waals surface area contributed by atoms with Gasteiger partial charge in [-0.2, -0.15) is 4.31 Å². The number of rotatable bonds is 13. The molecule has 2 aliphatic heterocycles. The first-order valence-electron chi connectivity index (χ1n) is 20.6. The lowest BCUT2D eigenvalue weighted by atomic mass is 9.77. The molecule has 3 heterocycles. The quantitative estimate of drug-likeness (QED) is 0.162. The molecule has 17 nitrogen and oxygen atoms in total. The molecule has 3 aliphatic rings. The number of alkyl halides is 2. The molecule has 0 unspecified atom stereocenters. The van der Waals surface area contributed by atoms with Gasteiger partial charge in [0.15, 0.2) is 0 Å². The molecule has 5 amide bonds. The molecule has 5 rings (SSSR count). The van der Waals surface area contributed by atoms with E-state index in [-0.39, 0.29) is 118 Å². The van der Waals surface area contributed by atoms with E-state index in [1.807, 2.05) is 0 Å². The molecule has 62 heavy (non-hydrogen) atoms. The number of anilines is 2. The van der Waals surface area contributed by atoms with E-state index in [9.17, 15) is 32.4 Å². The highest BCUT2D eigenvalue weighted by Gasteiger charge is 2.45. The third-order valence-corrected chi connectivity index (χ3v) is 12.6. The smallest absolute Gasteiger partial charge is 0.408 e. The first-order chi connectivity index (χ1) is 28.9. The van der Waals surface area contributed by atoms with Crippen molar-refractivity contribution in [3.8, 4) is 0 Å². The van der Waals surface area contributed by atoms with Gasteiger partial charge in [0.1, 0.15) is 22.2 Å². The zero-order valence-corrected chi connectivity index (χ0v) is 37.5. The van der Waals surface area contributed by atoms with Crippen molar-refractivity contribution in [3.05, 3.63) is 47.1 Å². The van der Waals surface area contributed by atoms with Crippen molar-refractivity contribution in [1.82, 2.24) is 30.6 Å². The molecule has 1 aromatic heterocycles. The number of amides is 5. The molecule has 0 radical (unpaired) electrons. The molecule has 342 valence electrons. The minimum atomic E-state index is -3.95. The predicted octanol–water partition coefficient (Wildman–Crippen LogP) is 4.53. The minimum Gasteiger partial charge on any atom is -0.444 e. The lowest BCUT2D eigenvalue weighted by molar-refractivity contribution is -0.129. The molecule has 0 bridgehead atoms. The Morgan fingerprint density at radius 3 is 2.05 bits per heavy atom. The summed E-state index contributed by atoms with van der Waals surface area (Å²) in [6.45, 7) is 10.9. The zero-order valence-electron chi connectivity index (χ0n) is 35.9. The predicted molar refractivity (Wildman–Crippen MR) is 226 cm³/mol. The van der Waals surface area contributed by atoms with Crippen LogP contribution in [0.4, 0.5) is 29.9 Å². The first-order valence-corrected chi connectivity index (χ1v) is 22.5. The largest absolute Gasteiger partial charge is 0.444 e. The standard InChI is InChI=1S/C41H57ClF2N8O9S/c1-39(2,3)60-37(56)47-24-34(53)45-15-16-46-36(55)26-7-9-27(10-8-26)41(43,44)28-21-32(42)49-33(22-28)50-17-19-51(20-18-50)62(58,59)31-13-11-30(12-14-31)52-25-29(23-35(52)54)48-38(57)61-40(4,5)6/h11-14,21-22,26-27,29H,7-10,15-20,23-25H2,1-6H3,(H,45,53)(H,46,55)(H,47,56)(H,48,57)/t26?,27?,29-/m1/s1. The van der Waals surface area contributed by atoms with Crippen molar-refractivity contribution < 1.29 is 50.6 Å². The molecule has 1 saturated carbocycles. The van der Waals surface area contributed by atoms with Gasteiger partial charge in [-0.25, -0.2) is 31.8 Å². The van der Waals surface area contributed by atoms with Crippen molar-refractivity contribution in [1.29, 1.82) is 0 Å². The summed E-state index contributed by atoms with van der Waals surface area (Å²) in [5.41, 5.74) is -1.23. The Morgan fingerprint density at radius 1 is 0.839 bits per heavy atom. The number of nitrogens with one attached hydrogen (secondary N) is 4. The van der Waals surface area contributed by atoms with Gasteiger partial charge in [-0.15, -0.1) is 0 Å². The Hall–Kier alpha value is -4.82. The zero-order chi connectivity index (χ0) is 45.6. The van der Waals surface area contributed by atoms with Crippen LogP contribution in [-0.4, -0.2) is 117 Å². The number of carbonyl (C=O) groups excluding carboxylic acids is 5. The highest BCUT2D eigenvalue weighted by Crippen LogP contribution is 2.46. The van der Waals surface area contributed by atoms with Crippen molar-refractivity contribution in [2.75, 3.05) is 62.2 Å². The molecule has 2 aromatic rings. The average Bonchev–Trinajstić information content (AvgIpc) is 3.56. The third kappa shape index (κ3) is 13.1. The summed E-state index contributed by atoms with van der Waals surface area (Å²) >= 11 is 6.29. The monoisotopic (exact) mass is 910 g/mol. The van der Waals surface area contributed by atoms with E-state index in [0.717, 1.165) is 6.07 Å².